The fraction of sp³-hybridized carbons (Fsp3) is 0.562. The van der Waals surface area contributed by atoms with Gasteiger partial charge in [-0.3, -0.25) is 9.52 Å². The van der Waals surface area contributed by atoms with E-state index in [9.17, 15) is 13.2 Å². The zero-order chi connectivity index (χ0) is 16.9. The van der Waals surface area contributed by atoms with Gasteiger partial charge in [-0.1, -0.05) is 6.92 Å². The summed E-state index contributed by atoms with van der Waals surface area (Å²) in [4.78, 5) is 14.3. The lowest BCUT2D eigenvalue weighted by Gasteiger charge is -2.17. The number of carbonyl (C=O) groups is 1. The van der Waals surface area contributed by atoms with Crippen LogP contribution < -0.4 is 10.0 Å². The molecular weight excluding hydrogens is 314 g/mol. The van der Waals surface area contributed by atoms with Crippen LogP contribution in [0.15, 0.2) is 24.3 Å². The number of hydrogen-bond acceptors (Lipinski definition) is 4. The van der Waals surface area contributed by atoms with E-state index in [-0.39, 0.29) is 11.7 Å². The molecule has 6 nitrogen and oxygen atoms in total. The molecule has 0 aromatic heterocycles. The number of carbonyl (C=O) groups excluding carboxylic acids is 1. The molecule has 1 aliphatic rings. The number of nitrogens with one attached hydrogen (secondary N) is 2. The largest absolute Gasteiger partial charge is 0.338 e. The van der Waals surface area contributed by atoms with Crippen LogP contribution in [-0.4, -0.2) is 51.7 Å². The number of nitrogens with zero attached hydrogens (tertiary/aromatic N) is 1. The molecule has 1 heterocycles. The zero-order valence-corrected chi connectivity index (χ0v) is 14.5. The van der Waals surface area contributed by atoms with Gasteiger partial charge in [0.05, 0.1) is 5.75 Å². The van der Waals surface area contributed by atoms with Crippen molar-refractivity contribution in [3.8, 4) is 0 Å². The first-order valence-electron chi connectivity index (χ1n) is 7.99. The molecule has 1 aromatic carbocycles. The molecule has 1 unspecified atom stereocenters. The molecule has 1 saturated heterocycles. The average molecular weight is 339 g/mol. The first-order valence-corrected chi connectivity index (χ1v) is 9.65. The molecule has 1 amide bonds. The van der Waals surface area contributed by atoms with Crippen LogP contribution in [-0.2, 0) is 10.0 Å². The summed E-state index contributed by atoms with van der Waals surface area (Å²) in [6.45, 7) is 4.28. The van der Waals surface area contributed by atoms with Crippen LogP contribution in [0.25, 0.3) is 0 Å². The lowest BCUT2D eigenvalue weighted by molar-refractivity contribution is 0.0787. The topological polar surface area (TPSA) is 78.5 Å². The van der Waals surface area contributed by atoms with Crippen molar-refractivity contribution in [1.29, 1.82) is 0 Å². The predicted octanol–water partition coefficient (Wildman–Crippen LogP) is 1.52. The number of hydrogen-bond donors (Lipinski definition) is 2. The van der Waals surface area contributed by atoms with Crippen molar-refractivity contribution in [2.75, 3.05) is 37.2 Å². The summed E-state index contributed by atoms with van der Waals surface area (Å²) in [5.41, 5.74) is 1.08. The van der Waals surface area contributed by atoms with Gasteiger partial charge in [-0.15, -0.1) is 0 Å². The minimum Gasteiger partial charge on any atom is -0.338 e. The number of likely N-dealkylation sites (tertiary alicyclic amines) is 1. The van der Waals surface area contributed by atoms with Crippen LogP contribution in [0, 0.1) is 5.92 Å². The molecule has 1 fully saturated rings. The Morgan fingerprint density at radius 2 is 2.00 bits per heavy atom. The van der Waals surface area contributed by atoms with E-state index in [0.29, 0.717) is 23.6 Å². The number of amides is 1. The highest BCUT2D eigenvalue weighted by Gasteiger charge is 2.26. The summed E-state index contributed by atoms with van der Waals surface area (Å²) in [5, 5.41) is 3.15. The van der Waals surface area contributed by atoms with Crippen molar-refractivity contribution in [2.24, 2.45) is 5.92 Å². The number of benzene rings is 1. The number of rotatable bonds is 7. The van der Waals surface area contributed by atoms with Crippen LogP contribution in [0.3, 0.4) is 0 Å². The fourth-order valence-corrected chi connectivity index (χ4v) is 3.97. The predicted molar refractivity (Wildman–Crippen MR) is 92.1 cm³/mol. The zero-order valence-electron chi connectivity index (χ0n) is 13.7. The summed E-state index contributed by atoms with van der Waals surface area (Å²) in [7, 11) is -1.38. The Kier molecular flexibility index (Phi) is 6.01. The maximum absolute atomic E-state index is 12.5. The van der Waals surface area contributed by atoms with Gasteiger partial charge in [0.15, 0.2) is 0 Å². The van der Waals surface area contributed by atoms with Gasteiger partial charge in [0.25, 0.3) is 5.91 Å². The minimum atomic E-state index is -3.30. The Bertz CT molecular complexity index is 628. The summed E-state index contributed by atoms with van der Waals surface area (Å²) >= 11 is 0. The average Bonchev–Trinajstić information content (AvgIpc) is 2.96. The molecular formula is C16H25N3O3S. The van der Waals surface area contributed by atoms with Crippen LogP contribution in [0.4, 0.5) is 5.69 Å². The van der Waals surface area contributed by atoms with Gasteiger partial charge in [0.2, 0.25) is 10.0 Å². The second-order valence-corrected chi connectivity index (χ2v) is 7.80. The Balaban J connectivity index is 1.98. The summed E-state index contributed by atoms with van der Waals surface area (Å²) in [5.74, 6) is 0.601. The van der Waals surface area contributed by atoms with Crippen molar-refractivity contribution in [3.63, 3.8) is 0 Å². The van der Waals surface area contributed by atoms with Gasteiger partial charge >= 0.3 is 0 Å². The molecule has 1 aromatic rings. The van der Waals surface area contributed by atoms with E-state index >= 15 is 0 Å². The first-order chi connectivity index (χ1) is 10.9. The molecule has 128 valence electrons. The highest BCUT2D eigenvalue weighted by molar-refractivity contribution is 7.92. The molecule has 0 bridgehead atoms. The van der Waals surface area contributed by atoms with Crippen LogP contribution in [0.2, 0.25) is 0 Å². The third kappa shape index (κ3) is 4.94. The van der Waals surface area contributed by atoms with Crippen LogP contribution >= 0.6 is 0 Å². The smallest absolute Gasteiger partial charge is 0.253 e. The Morgan fingerprint density at radius 1 is 1.30 bits per heavy atom. The van der Waals surface area contributed by atoms with Crippen molar-refractivity contribution in [3.05, 3.63) is 29.8 Å². The maximum Gasteiger partial charge on any atom is 0.253 e. The van der Waals surface area contributed by atoms with Crippen molar-refractivity contribution >= 4 is 21.6 Å². The fourth-order valence-electron chi connectivity index (χ4n) is 2.84. The van der Waals surface area contributed by atoms with Gasteiger partial charge < -0.3 is 10.2 Å². The number of sulfonamides is 1. The van der Waals surface area contributed by atoms with E-state index in [4.69, 9.17) is 0 Å². The molecule has 0 spiro atoms. The highest BCUT2D eigenvalue weighted by Crippen LogP contribution is 2.19. The van der Waals surface area contributed by atoms with Crippen molar-refractivity contribution in [1.82, 2.24) is 10.2 Å². The molecule has 2 rings (SSSR count). The molecule has 1 aliphatic heterocycles. The van der Waals surface area contributed by atoms with E-state index in [1.807, 2.05) is 18.9 Å². The van der Waals surface area contributed by atoms with Crippen molar-refractivity contribution in [2.45, 2.75) is 19.8 Å². The van der Waals surface area contributed by atoms with E-state index in [0.717, 1.165) is 26.1 Å². The lowest BCUT2D eigenvalue weighted by atomic mass is 10.1. The number of anilines is 1. The summed E-state index contributed by atoms with van der Waals surface area (Å²) < 4.78 is 26.0. The van der Waals surface area contributed by atoms with E-state index < -0.39 is 10.0 Å². The molecule has 1 atom stereocenters. The Hall–Kier alpha value is -1.60. The first kappa shape index (κ1) is 17.7. The summed E-state index contributed by atoms with van der Waals surface area (Å²) in [6.07, 6.45) is 1.58. The quantitative estimate of drug-likeness (QED) is 0.789. The molecule has 2 N–H and O–H groups in total. The lowest BCUT2D eigenvalue weighted by Crippen LogP contribution is -2.30. The third-order valence-electron chi connectivity index (χ3n) is 3.94. The molecule has 0 saturated carbocycles. The molecule has 0 radical (unpaired) electrons. The summed E-state index contributed by atoms with van der Waals surface area (Å²) in [6, 6.07) is 6.64. The molecule has 23 heavy (non-hydrogen) atoms. The Labute approximate surface area is 138 Å². The highest BCUT2D eigenvalue weighted by atomic mass is 32.2. The van der Waals surface area contributed by atoms with E-state index in [1.165, 1.54) is 0 Å². The minimum absolute atomic E-state index is 0.00608. The van der Waals surface area contributed by atoms with Gasteiger partial charge in [-0.05, 0) is 56.6 Å². The monoisotopic (exact) mass is 339 g/mol. The normalized spacial score (nSPS) is 18.2. The Morgan fingerprint density at radius 3 is 2.61 bits per heavy atom. The van der Waals surface area contributed by atoms with Crippen LogP contribution in [0.5, 0.6) is 0 Å². The third-order valence-corrected chi connectivity index (χ3v) is 5.44. The van der Waals surface area contributed by atoms with E-state index in [2.05, 4.69) is 10.0 Å². The van der Waals surface area contributed by atoms with Gasteiger partial charge in [0, 0.05) is 24.3 Å². The second-order valence-electron chi connectivity index (χ2n) is 5.96. The van der Waals surface area contributed by atoms with Gasteiger partial charge in [-0.2, -0.15) is 0 Å². The molecule has 0 aliphatic carbocycles. The van der Waals surface area contributed by atoms with Gasteiger partial charge in [-0.25, -0.2) is 8.42 Å². The molecule has 7 heteroatoms. The van der Waals surface area contributed by atoms with Gasteiger partial charge in [0.1, 0.15) is 0 Å². The van der Waals surface area contributed by atoms with E-state index in [1.54, 1.807) is 24.3 Å². The SMILES string of the molecule is CCCS(=O)(=O)Nc1ccc(C(=O)N2CCC(CNC)C2)cc1. The van der Waals surface area contributed by atoms with Crippen molar-refractivity contribution < 1.29 is 13.2 Å². The van der Waals surface area contributed by atoms with Crippen LogP contribution in [0.1, 0.15) is 30.1 Å². The standard InChI is InChI=1S/C16H25N3O3S/c1-3-10-23(21,22)18-15-6-4-14(5-7-15)16(20)19-9-8-13(12-19)11-17-2/h4-7,13,17-18H,3,8-12H2,1-2H3. The maximum atomic E-state index is 12.5. The second kappa shape index (κ2) is 7.79.